The lowest BCUT2D eigenvalue weighted by molar-refractivity contribution is 0.102. The molecule has 2 aromatic heterocycles. The molecule has 0 aliphatic carbocycles. The maximum Gasteiger partial charge on any atom is 0.277 e. The summed E-state index contributed by atoms with van der Waals surface area (Å²) in [4.78, 5) is 23.8. The fourth-order valence-electron chi connectivity index (χ4n) is 1.28. The van der Waals surface area contributed by atoms with Crippen molar-refractivity contribution in [2.75, 3.05) is 17.7 Å². The zero-order valence-electron chi connectivity index (χ0n) is 9.51. The first kappa shape index (κ1) is 12.3. The Labute approximate surface area is 108 Å². The molecule has 0 unspecified atom stereocenters. The summed E-state index contributed by atoms with van der Waals surface area (Å²) in [7, 11) is 1.71. The highest BCUT2D eigenvalue weighted by molar-refractivity contribution is 6.34. The SMILES string of the molecule is CNc1ccc(Cl)c(C(=O)Nc2cnccn2)n1. The molecular formula is C11H10ClN5O. The van der Waals surface area contributed by atoms with Crippen LogP contribution in [0.3, 0.4) is 0 Å². The number of amides is 1. The molecule has 0 aromatic carbocycles. The Kier molecular flexibility index (Phi) is 3.69. The van der Waals surface area contributed by atoms with E-state index in [4.69, 9.17) is 11.6 Å². The van der Waals surface area contributed by atoms with Crippen LogP contribution in [-0.4, -0.2) is 27.9 Å². The van der Waals surface area contributed by atoms with E-state index in [-0.39, 0.29) is 10.7 Å². The van der Waals surface area contributed by atoms with E-state index < -0.39 is 5.91 Å². The number of nitrogens with one attached hydrogen (secondary N) is 2. The topological polar surface area (TPSA) is 79.8 Å². The first-order chi connectivity index (χ1) is 8.70. The van der Waals surface area contributed by atoms with Gasteiger partial charge in [-0.15, -0.1) is 0 Å². The Bertz CT molecular complexity index is 561. The van der Waals surface area contributed by atoms with Crippen molar-refractivity contribution >= 4 is 29.1 Å². The standard InChI is InChI=1S/C11H10ClN5O/c1-13-8-3-2-7(12)10(16-8)11(18)17-9-6-14-4-5-15-9/h2-6H,1H3,(H,13,16)(H,15,17,18). The van der Waals surface area contributed by atoms with Crippen LogP contribution in [0, 0.1) is 0 Å². The van der Waals surface area contributed by atoms with Crippen molar-refractivity contribution in [3.63, 3.8) is 0 Å². The highest BCUT2D eigenvalue weighted by Crippen LogP contribution is 2.17. The molecule has 92 valence electrons. The first-order valence-corrected chi connectivity index (χ1v) is 5.50. The first-order valence-electron chi connectivity index (χ1n) is 5.12. The average molecular weight is 264 g/mol. The average Bonchev–Trinajstić information content (AvgIpc) is 2.40. The van der Waals surface area contributed by atoms with E-state index in [1.165, 1.54) is 18.6 Å². The van der Waals surface area contributed by atoms with Crippen LogP contribution in [0.25, 0.3) is 0 Å². The normalized spacial score (nSPS) is 9.89. The van der Waals surface area contributed by atoms with Crippen molar-refractivity contribution in [2.24, 2.45) is 0 Å². The summed E-state index contributed by atoms with van der Waals surface area (Å²) in [6.45, 7) is 0. The molecule has 1 amide bonds. The monoisotopic (exact) mass is 263 g/mol. The Morgan fingerprint density at radius 3 is 2.78 bits per heavy atom. The fraction of sp³-hybridized carbons (Fsp3) is 0.0909. The van der Waals surface area contributed by atoms with Gasteiger partial charge in [0, 0.05) is 19.4 Å². The van der Waals surface area contributed by atoms with Crippen LogP contribution < -0.4 is 10.6 Å². The number of carbonyl (C=O) groups is 1. The molecule has 0 radical (unpaired) electrons. The Morgan fingerprint density at radius 1 is 1.28 bits per heavy atom. The predicted octanol–water partition coefficient (Wildman–Crippen LogP) is 1.82. The second-order valence-corrected chi connectivity index (χ2v) is 3.73. The molecule has 2 heterocycles. The number of hydrogen-bond donors (Lipinski definition) is 2. The van der Waals surface area contributed by atoms with E-state index in [0.29, 0.717) is 11.6 Å². The van der Waals surface area contributed by atoms with Gasteiger partial charge in [0.15, 0.2) is 5.82 Å². The van der Waals surface area contributed by atoms with Crippen molar-refractivity contribution in [3.8, 4) is 0 Å². The quantitative estimate of drug-likeness (QED) is 0.883. The van der Waals surface area contributed by atoms with Gasteiger partial charge in [-0.3, -0.25) is 9.78 Å². The minimum Gasteiger partial charge on any atom is -0.373 e. The van der Waals surface area contributed by atoms with Crippen molar-refractivity contribution in [1.82, 2.24) is 15.0 Å². The van der Waals surface area contributed by atoms with E-state index >= 15 is 0 Å². The number of carbonyl (C=O) groups excluding carboxylic acids is 1. The van der Waals surface area contributed by atoms with E-state index in [9.17, 15) is 4.79 Å². The summed E-state index contributed by atoms with van der Waals surface area (Å²) in [5, 5.41) is 5.67. The Balaban J connectivity index is 2.23. The number of nitrogens with zero attached hydrogens (tertiary/aromatic N) is 3. The lowest BCUT2D eigenvalue weighted by atomic mass is 10.3. The third kappa shape index (κ3) is 2.72. The van der Waals surface area contributed by atoms with Gasteiger partial charge in [0.25, 0.3) is 5.91 Å². The van der Waals surface area contributed by atoms with E-state index in [1.807, 2.05) is 0 Å². The molecule has 0 aliphatic rings. The van der Waals surface area contributed by atoms with Crippen LogP contribution in [0.4, 0.5) is 11.6 Å². The summed E-state index contributed by atoms with van der Waals surface area (Å²) in [5.41, 5.74) is 0.133. The van der Waals surface area contributed by atoms with Crippen LogP contribution in [-0.2, 0) is 0 Å². The lowest BCUT2D eigenvalue weighted by Gasteiger charge is -2.06. The van der Waals surface area contributed by atoms with Gasteiger partial charge in [0.2, 0.25) is 0 Å². The van der Waals surface area contributed by atoms with Gasteiger partial charge >= 0.3 is 0 Å². The largest absolute Gasteiger partial charge is 0.373 e. The molecule has 7 heteroatoms. The zero-order valence-corrected chi connectivity index (χ0v) is 10.3. The van der Waals surface area contributed by atoms with Crippen LogP contribution in [0.2, 0.25) is 5.02 Å². The van der Waals surface area contributed by atoms with Gasteiger partial charge in [-0.25, -0.2) is 9.97 Å². The van der Waals surface area contributed by atoms with Gasteiger partial charge in [0.05, 0.1) is 11.2 Å². The van der Waals surface area contributed by atoms with Crippen molar-refractivity contribution in [3.05, 3.63) is 41.4 Å². The van der Waals surface area contributed by atoms with Crippen molar-refractivity contribution in [1.29, 1.82) is 0 Å². The second kappa shape index (κ2) is 5.42. The molecule has 0 spiro atoms. The zero-order chi connectivity index (χ0) is 13.0. The predicted molar refractivity (Wildman–Crippen MR) is 68.8 cm³/mol. The highest BCUT2D eigenvalue weighted by Gasteiger charge is 2.13. The molecule has 2 aromatic rings. The molecule has 0 aliphatic heterocycles. The third-order valence-corrected chi connectivity index (χ3v) is 2.43. The minimum atomic E-state index is -0.433. The van der Waals surface area contributed by atoms with E-state index in [2.05, 4.69) is 25.6 Å². The van der Waals surface area contributed by atoms with Gasteiger partial charge in [-0.2, -0.15) is 0 Å². The minimum absolute atomic E-state index is 0.133. The fourth-order valence-corrected chi connectivity index (χ4v) is 1.47. The van der Waals surface area contributed by atoms with Crippen LogP contribution >= 0.6 is 11.6 Å². The summed E-state index contributed by atoms with van der Waals surface area (Å²) in [5.74, 6) is 0.469. The summed E-state index contributed by atoms with van der Waals surface area (Å²) < 4.78 is 0. The van der Waals surface area contributed by atoms with E-state index in [0.717, 1.165) is 0 Å². The number of anilines is 2. The van der Waals surface area contributed by atoms with Gasteiger partial charge in [-0.05, 0) is 12.1 Å². The summed E-state index contributed by atoms with van der Waals surface area (Å²) in [6, 6.07) is 3.29. The molecule has 0 atom stereocenters. The van der Waals surface area contributed by atoms with Gasteiger partial charge in [0.1, 0.15) is 11.5 Å². The molecule has 18 heavy (non-hydrogen) atoms. The molecule has 0 fully saturated rings. The third-order valence-electron chi connectivity index (χ3n) is 2.12. The summed E-state index contributed by atoms with van der Waals surface area (Å²) in [6.07, 6.45) is 4.44. The van der Waals surface area contributed by atoms with Crippen molar-refractivity contribution in [2.45, 2.75) is 0 Å². The van der Waals surface area contributed by atoms with Crippen LogP contribution in [0.15, 0.2) is 30.7 Å². The van der Waals surface area contributed by atoms with Gasteiger partial charge in [-0.1, -0.05) is 11.6 Å². The smallest absolute Gasteiger partial charge is 0.277 e. The maximum atomic E-state index is 11.9. The van der Waals surface area contributed by atoms with Crippen LogP contribution in [0.5, 0.6) is 0 Å². The summed E-state index contributed by atoms with van der Waals surface area (Å²) >= 11 is 5.93. The Morgan fingerprint density at radius 2 is 2.11 bits per heavy atom. The number of aromatic nitrogens is 3. The molecule has 0 bridgehead atoms. The Hall–Kier alpha value is -2.21. The second-order valence-electron chi connectivity index (χ2n) is 3.32. The highest BCUT2D eigenvalue weighted by atomic mass is 35.5. The number of rotatable bonds is 3. The number of halogens is 1. The molecule has 0 saturated carbocycles. The molecule has 2 N–H and O–H groups in total. The van der Waals surface area contributed by atoms with Crippen molar-refractivity contribution < 1.29 is 4.79 Å². The van der Waals surface area contributed by atoms with E-state index in [1.54, 1.807) is 19.2 Å². The number of hydrogen-bond acceptors (Lipinski definition) is 5. The van der Waals surface area contributed by atoms with Crippen LogP contribution in [0.1, 0.15) is 10.5 Å². The molecular weight excluding hydrogens is 254 g/mol. The number of pyridine rings is 1. The molecule has 0 saturated heterocycles. The van der Waals surface area contributed by atoms with Gasteiger partial charge < -0.3 is 10.6 Å². The maximum absolute atomic E-state index is 11.9. The molecule has 6 nitrogen and oxygen atoms in total. The molecule has 2 rings (SSSR count). The lowest BCUT2D eigenvalue weighted by Crippen LogP contribution is -2.16.